The third-order valence-corrected chi connectivity index (χ3v) is 5.39. The van der Waals surface area contributed by atoms with E-state index >= 15 is 0 Å². The van der Waals surface area contributed by atoms with Crippen molar-refractivity contribution in [2.75, 3.05) is 11.9 Å². The highest BCUT2D eigenvalue weighted by Crippen LogP contribution is 2.32. The molecule has 5 nitrogen and oxygen atoms in total. The Morgan fingerprint density at radius 3 is 2.59 bits per heavy atom. The largest absolute Gasteiger partial charge is 0.416 e. The number of benzene rings is 1. The van der Waals surface area contributed by atoms with Crippen molar-refractivity contribution in [3.8, 4) is 0 Å². The SMILES string of the molecule is Cc1ccnc(NC[C@H]2CC[C@H](NC(=O)c3cc(C(F)(F)F)ccc3Cl)CC2)n1. The number of aryl methyl sites for hydroxylation is 1. The molecule has 1 aliphatic rings. The van der Waals surface area contributed by atoms with E-state index in [1.807, 2.05) is 13.0 Å². The Labute approximate surface area is 172 Å². The highest BCUT2D eigenvalue weighted by atomic mass is 35.5. The number of hydrogen-bond donors (Lipinski definition) is 2. The first-order chi connectivity index (χ1) is 13.7. The van der Waals surface area contributed by atoms with Crippen molar-refractivity contribution in [1.82, 2.24) is 15.3 Å². The molecule has 1 aromatic carbocycles. The molecule has 0 aliphatic heterocycles. The van der Waals surface area contributed by atoms with E-state index in [2.05, 4.69) is 20.6 Å². The number of aromatic nitrogens is 2. The fraction of sp³-hybridized carbons (Fsp3) is 0.450. The lowest BCUT2D eigenvalue weighted by atomic mass is 9.86. The molecule has 3 rings (SSSR count). The predicted molar refractivity (Wildman–Crippen MR) is 105 cm³/mol. The molecule has 1 amide bonds. The molecule has 29 heavy (non-hydrogen) atoms. The van der Waals surface area contributed by atoms with Crippen LogP contribution >= 0.6 is 11.6 Å². The Morgan fingerprint density at radius 1 is 1.21 bits per heavy atom. The number of carbonyl (C=O) groups excluding carboxylic acids is 1. The van der Waals surface area contributed by atoms with Crippen molar-refractivity contribution in [1.29, 1.82) is 0 Å². The molecular weight excluding hydrogens is 405 g/mol. The molecule has 1 aliphatic carbocycles. The van der Waals surface area contributed by atoms with E-state index in [0.717, 1.165) is 56.1 Å². The summed E-state index contributed by atoms with van der Waals surface area (Å²) in [6.45, 7) is 2.64. The highest BCUT2D eigenvalue weighted by Gasteiger charge is 2.32. The molecule has 0 unspecified atom stereocenters. The first kappa shape index (κ1) is 21.4. The lowest BCUT2D eigenvalue weighted by Crippen LogP contribution is -2.38. The molecule has 0 bridgehead atoms. The van der Waals surface area contributed by atoms with Gasteiger partial charge in [-0.15, -0.1) is 0 Å². The molecular formula is C20H22ClF3N4O. The van der Waals surface area contributed by atoms with Gasteiger partial charge in [0.1, 0.15) is 0 Å². The van der Waals surface area contributed by atoms with E-state index in [1.165, 1.54) is 0 Å². The van der Waals surface area contributed by atoms with Crippen LogP contribution in [0.1, 0.15) is 47.3 Å². The van der Waals surface area contributed by atoms with Crippen molar-refractivity contribution in [2.45, 2.75) is 44.8 Å². The summed E-state index contributed by atoms with van der Waals surface area (Å²) < 4.78 is 38.7. The quantitative estimate of drug-likeness (QED) is 0.716. The summed E-state index contributed by atoms with van der Waals surface area (Å²) >= 11 is 5.94. The van der Waals surface area contributed by atoms with Crippen LogP contribution in [0.4, 0.5) is 19.1 Å². The molecule has 0 radical (unpaired) electrons. The van der Waals surface area contributed by atoms with E-state index in [4.69, 9.17) is 11.6 Å². The number of amides is 1. The number of alkyl halides is 3. The topological polar surface area (TPSA) is 66.9 Å². The number of halogens is 4. The van der Waals surface area contributed by atoms with Gasteiger partial charge in [-0.25, -0.2) is 9.97 Å². The van der Waals surface area contributed by atoms with Gasteiger partial charge in [0.2, 0.25) is 5.95 Å². The molecule has 1 saturated carbocycles. The van der Waals surface area contributed by atoms with Crippen molar-refractivity contribution in [2.24, 2.45) is 5.92 Å². The lowest BCUT2D eigenvalue weighted by molar-refractivity contribution is -0.137. The second kappa shape index (κ2) is 8.98. The zero-order valence-corrected chi connectivity index (χ0v) is 16.6. The van der Waals surface area contributed by atoms with Crippen LogP contribution in [-0.4, -0.2) is 28.5 Å². The van der Waals surface area contributed by atoms with Crippen molar-refractivity contribution < 1.29 is 18.0 Å². The number of rotatable bonds is 5. The second-order valence-electron chi connectivity index (χ2n) is 7.29. The molecule has 156 valence electrons. The highest BCUT2D eigenvalue weighted by molar-refractivity contribution is 6.33. The Bertz CT molecular complexity index is 867. The predicted octanol–water partition coefficient (Wildman–Crippen LogP) is 4.86. The third-order valence-electron chi connectivity index (χ3n) is 5.06. The summed E-state index contributed by atoms with van der Waals surface area (Å²) in [5.41, 5.74) is -0.149. The van der Waals surface area contributed by atoms with Crippen LogP contribution in [-0.2, 0) is 6.18 Å². The fourth-order valence-corrected chi connectivity index (χ4v) is 3.62. The molecule has 0 atom stereocenters. The zero-order chi connectivity index (χ0) is 21.0. The number of nitrogens with zero attached hydrogens (tertiary/aromatic N) is 2. The first-order valence-corrected chi connectivity index (χ1v) is 9.81. The Hall–Kier alpha value is -2.35. The summed E-state index contributed by atoms with van der Waals surface area (Å²) in [5, 5.41) is 6.06. The fourth-order valence-electron chi connectivity index (χ4n) is 3.42. The molecule has 2 N–H and O–H groups in total. The maximum atomic E-state index is 12.9. The summed E-state index contributed by atoms with van der Waals surface area (Å²) in [6.07, 6.45) is 0.467. The van der Waals surface area contributed by atoms with E-state index in [1.54, 1.807) is 6.20 Å². The van der Waals surface area contributed by atoms with Crippen LogP contribution in [0.5, 0.6) is 0 Å². The van der Waals surface area contributed by atoms with Crippen LogP contribution in [0, 0.1) is 12.8 Å². The summed E-state index contributed by atoms with van der Waals surface area (Å²) in [7, 11) is 0. The first-order valence-electron chi connectivity index (χ1n) is 9.43. The van der Waals surface area contributed by atoms with Gasteiger partial charge in [0.25, 0.3) is 5.91 Å². The van der Waals surface area contributed by atoms with Gasteiger partial charge < -0.3 is 10.6 Å². The van der Waals surface area contributed by atoms with Crippen LogP contribution < -0.4 is 10.6 Å². The van der Waals surface area contributed by atoms with Gasteiger partial charge in [-0.1, -0.05) is 11.6 Å². The smallest absolute Gasteiger partial charge is 0.354 e. The van der Waals surface area contributed by atoms with Gasteiger partial charge in [0, 0.05) is 24.5 Å². The lowest BCUT2D eigenvalue weighted by Gasteiger charge is -2.29. The van der Waals surface area contributed by atoms with Crippen LogP contribution in [0.3, 0.4) is 0 Å². The van der Waals surface area contributed by atoms with Gasteiger partial charge in [-0.2, -0.15) is 13.2 Å². The third kappa shape index (κ3) is 5.82. The van der Waals surface area contributed by atoms with E-state index in [0.29, 0.717) is 11.9 Å². The maximum Gasteiger partial charge on any atom is 0.416 e. The minimum atomic E-state index is -4.52. The van der Waals surface area contributed by atoms with E-state index in [9.17, 15) is 18.0 Å². The molecule has 0 saturated heterocycles. The average Bonchev–Trinajstić information content (AvgIpc) is 2.67. The zero-order valence-electron chi connectivity index (χ0n) is 15.9. The van der Waals surface area contributed by atoms with Gasteiger partial charge in [-0.05, 0) is 62.8 Å². The summed E-state index contributed by atoms with van der Waals surface area (Å²) in [6, 6.07) is 4.52. The molecule has 1 heterocycles. The number of carbonyl (C=O) groups is 1. The summed E-state index contributed by atoms with van der Waals surface area (Å²) in [5.74, 6) is 0.444. The molecule has 1 aromatic heterocycles. The Morgan fingerprint density at radius 2 is 1.93 bits per heavy atom. The van der Waals surface area contributed by atoms with E-state index in [-0.39, 0.29) is 16.6 Å². The average molecular weight is 427 g/mol. The number of hydrogen-bond acceptors (Lipinski definition) is 4. The Balaban J connectivity index is 1.51. The van der Waals surface area contributed by atoms with Gasteiger partial charge >= 0.3 is 6.18 Å². The van der Waals surface area contributed by atoms with Crippen molar-refractivity contribution in [3.05, 3.63) is 52.3 Å². The standard InChI is InChI=1S/C20H22ClF3N4O/c1-12-8-9-25-19(27-12)26-11-13-2-5-15(6-3-13)28-18(29)16-10-14(20(22,23)24)4-7-17(16)21/h4,7-10,13,15H,2-3,5-6,11H2,1H3,(H,28,29)(H,25,26,27)/t13-,15-. The monoisotopic (exact) mass is 426 g/mol. The molecule has 0 spiro atoms. The normalized spacial score (nSPS) is 19.6. The van der Waals surface area contributed by atoms with Crippen molar-refractivity contribution in [3.63, 3.8) is 0 Å². The number of nitrogens with one attached hydrogen (secondary N) is 2. The molecule has 9 heteroatoms. The minimum Gasteiger partial charge on any atom is -0.354 e. The van der Waals surface area contributed by atoms with Crippen LogP contribution in [0.15, 0.2) is 30.5 Å². The van der Waals surface area contributed by atoms with Crippen molar-refractivity contribution >= 4 is 23.5 Å². The second-order valence-corrected chi connectivity index (χ2v) is 7.69. The van der Waals surface area contributed by atoms with Gasteiger partial charge in [-0.3, -0.25) is 4.79 Å². The van der Waals surface area contributed by atoms with Gasteiger partial charge in [0.15, 0.2) is 0 Å². The molecule has 1 fully saturated rings. The van der Waals surface area contributed by atoms with Crippen LogP contribution in [0.25, 0.3) is 0 Å². The molecule has 2 aromatic rings. The maximum absolute atomic E-state index is 12.9. The van der Waals surface area contributed by atoms with Gasteiger partial charge in [0.05, 0.1) is 16.1 Å². The number of anilines is 1. The minimum absolute atomic E-state index is 0.00606. The summed E-state index contributed by atoms with van der Waals surface area (Å²) in [4.78, 5) is 20.9. The Kier molecular flexibility index (Phi) is 6.62. The van der Waals surface area contributed by atoms with Crippen LogP contribution in [0.2, 0.25) is 5.02 Å². The van der Waals surface area contributed by atoms with E-state index < -0.39 is 17.6 Å².